The molecular formula is C8H11N5O3S. The van der Waals surface area contributed by atoms with E-state index in [1.165, 1.54) is 0 Å². The molecule has 0 saturated heterocycles. The van der Waals surface area contributed by atoms with Crippen molar-refractivity contribution < 1.29 is 12.9 Å². The van der Waals surface area contributed by atoms with Gasteiger partial charge < -0.3 is 4.52 Å². The van der Waals surface area contributed by atoms with Gasteiger partial charge in [0.2, 0.25) is 21.7 Å². The van der Waals surface area contributed by atoms with Crippen LogP contribution in [0.25, 0.3) is 11.4 Å². The molecule has 2 aromatic rings. The molecule has 0 amide bonds. The number of aromatic nitrogens is 4. The molecule has 0 spiro atoms. The zero-order valence-corrected chi connectivity index (χ0v) is 10.1. The summed E-state index contributed by atoms with van der Waals surface area (Å²) in [6.07, 6.45) is 4.39. The van der Waals surface area contributed by atoms with E-state index < -0.39 is 10.0 Å². The SMILES string of the molecule is Cn1cc(-c2noc(CNS(C)(=O)=O)n2)cn1. The van der Waals surface area contributed by atoms with Crippen LogP contribution < -0.4 is 4.72 Å². The Morgan fingerprint density at radius 1 is 1.53 bits per heavy atom. The van der Waals surface area contributed by atoms with Gasteiger partial charge in [0.05, 0.1) is 24.6 Å². The molecule has 0 saturated carbocycles. The highest BCUT2D eigenvalue weighted by Gasteiger charge is 2.11. The van der Waals surface area contributed by atoms with Crippen LogP contribution in [0.1, 0.15) is 5.89 Å². The van der Waals surface area contributed by atoms with Crippen molar-refractivity contribution in [3.05, 3.63) is 18.3 Å². The van der Waals surface area contributed by atoms with Gasteiger partial charge >= 0.3 is 0 Å². The van der Waals surface area contributed by atoms with E-state index in [0.717, 1.165) is 6.26 Å². The van der Waals surface area contributed by atoms with Crippen molar-refractivity contribution in [2.75, 3.05) is 6.26 Å². The Morgan fingerprint density at radius 2 is 2.29 bits per heavy atom. The molecule has 2 rings (SSSR count). The van der Waals surface area contributed by atoms with Crippen molar-refractivity contribution in [2.24, 2.45) is 7.05 Å². The number of sulfonamides is 1. The van der Waals surface area contributed by atoms with E-state index in [1.807, 2.05) is 0 Å². The minimum atomic E-state index is -3.27. The quantitative estimate of drug-likeness (QED) is 0.793. The lowest BCUT2D eigenvalue weighted by Crippen LogP contribution is -2.21. The zero-order chi connectivity index (χ0) is 12.5. The van der Waals surface area contributed by atoms with Crippen LogP contribution in [-0.2, 0) is 23.6 Å². The number of nitrogens with zero attached hydrogens (tertiary/aromatic N) is 4. The van der Waals surface area contributed by atoms with E-state index in [-0.39, 0.29) is 12.4 Å². The molecule has 2 aromatic heterocycles. The molecule has 92 valence electrons. The average Bonchev–Trinajstić information content (AvgIpc) is 2.81. The normalized spacial score (nSPS) is 11.9. The first kappa shape index (κ1) is 11.7. The van der Waals surface area contributed by atoms with Gasteiger partial charge in [0.25, 0.3) is 0 Å². The Balaban J connectivity index is 2.11. The van der Waals surface area contributed by atoms with Crippen molar-refractivity contribution in [2.45, 2.75) is 6.54 Å². The van der Waals surface area contributed by atoms with Crippen LogP contribution in [0.3, 0.4) is 0 Å². The summed E-state index contributed by atoms with van der Waals surface area (Å²) in [6, 6.07) is 0. The molecule has 2 heterocycles. The molecule has 8 nitrogen and oxygen atoms in total. The second kappa shape index (κ2) is 4.26. The number of nitrogens with one attached hydrogen (secondary N) is 1. The molecule has 0 atom stereocenters. The third-order valence-electron chi connectivity index (χ3n) is 1.92. The van der Waals surface area contributed by atoms with E-state index in [1.54, 1.807) is 24.1 Å². The first-order valence-electron chi connectivity index (χ1n) is 4.70. The van der Waals surface area contributed by atoms with Crippen LogP contribution in [0.5, 0.6) is 0 Å². The first-order chi connectivity index (χ1) is 7.94. The maximum absolute atomic E-state index is 10.9. The molecule has 17 heavy (non-hydrogen) atoms. The summed E-state index contributed by atoms with van der Waals surface area (Å²) in [7, 11) is -1.49. The van der Waals surface area contributed by atoms with Gasteiger partial charge in [-0.2, -0.15) is 10.1 Å². The van der Waals surface area contributed by atoms with E-state index in [0.29, 0.717) is 11.4 Å². The Labute approximate surface area is 97.7 Å². The Kier molecular flexibility index (Phi) is 2.94. The maximum Gasteiger partial charge on any atom is 0.242 e. The number of aryl methyl sites for hydroxylation is 1. The number of hydrogen-bond donors (Lipinski definition) is 1. The van der Waals surface area contributed by atoms with Gasteiger partial charge in [-0.1, -0.05) is 5.16 Å². The fourth-order valence-corrected chi connectivity index (χ4v) is 1.56. The van der Waals surface area contributed by atoms with E-state index in [9.17, 15) is 8.42 Å². The van der Waals surface area contributed by atoms with E-state index in [4.69, 9.17) is 4.52 Å². The van der Waals surface area contributed by atoms with Gasteiger partial charge in [-0.15, -0.1) is 0 Å². The van der Waals surface area contributed by atoms with Crippen LogP contribution >= 0.6 is 0 Å². The van der Waals surface area contributed by atoms with Crippen molar-refractivity contribution in [1.82, 2.24) is 24.6 Å². The minimum absolute atomic E-state index is 0.0217. The molecule has 0 aliphatic rings. The molecule has 0 aromatic carbocycles. The lowest BCUT2D eigenvalue weighted by atomic mass is 10.3. The minimum Gasteiger partial charge on any atom is -0.338 e. The first-order valence-corrected chi connectivity index (χ1v) is 6.59. The maximum atomic E-state index is 10.9. The number of hydrogen-bond acceptors (Lipinski definition) is 6. The van der Waals surface area contributed by atoms with Gasteiger partial charge in [0.15, 0.2) is 0 Å². The third-order valence-corrected chi connectivity index (χ3v) is 2.59. The molecule has 0 bridgehead atoms. The highest BCUT2D eigenvalue weighted by Crippen LogP contribution is 2.13. The summed E-state index contributed by atoms with van der Waals surface area (Å²) >= 11 is 0. The smallest absolute Gasteiger partial charge is 0.242 e. The van der Waals surface area contributed by atoms with Crippen LogP contribution in [0, 0.1) is 0 Å². The highest BCUT2D eigenvalue weighted by atomic mass is 32.2. The van der Waals surface area contributed by atoms with Gasteiger partial charge in [0.1, 0.15) is 0 Å². The van der Waals surface area contributed by atoms with Gasteiger partial charge in [-0.3, -0.25) is 4.68 Å². The molecule has 0 fully saturated rings. The third kappa shape index (κ3) is 3.11. The standard InChI is InChI=1S/C8H11N5O3S/c1-13-5-6(3-9-13)8-11-7(16-12-8)4-10-17(2,14)15/h3,5,10H,4H2,1-2H3. The largest absolute Gasteiger partial charge is 0.338 e. The summed E-state index contributed by atoms with van der Waals surface area (Å²) in [5, 5.41) is 7.70. The van der Waals surface area contributed by atoms with Crippen LogP contribution in [0.4, 0.5) is 0 Å². The molecule has 0 radical (unpaired) electrons. The molecule has 0 aliphatic heterocycles. The lowest BCUT2D eigenvalue weighted by Gasteiger charge is -1.95. The van der Waals surface area contributed by atoms with E-state index >= 15 is 0 Å². The molecule has 0 unspecified atom stereocenters. The lowest BCUT2D eigenvalue weighted by molar-refractivity contribution is 0.376. The van der Waals surface area contributed by atoms with Crippen LogP contribution in [0.2, 0.25) is 0 Å². The summed E-state index contributed by atoms with van der Waals surface area (Å²) in [4.78, 5) is 4.04. The Hall–Kier alpha value is -1.74. The monoisotopic (exact) mass is 257 g/mol. The summed E-state index contributed by atoms with van der Waals surface area (Å²) in [5.41, 5.74) is 0.710. The zero-order valence-electron chi connectivity index (χ0n) is 9.28. The molecule has 0 aliphatic carbocycles. The second-order valence-corrected chi connectivity index (χ2v) is 5.34. The molecular weight excluding hydrogens is 246 g/mol. The molecule has 9 heteroatoms. The fourth-order valence-electron chi connectivity index (χ4n) is 1.17. The predicted molar refractivity (Wildman–Crippen MR) is 58.2 cm³/mol. The van der Waals surface area contributed by atoms with Crippen LogP contribution in [-0.4, -0.2) is 34.6 Å². The second-order valence-electron chi connectivity index (χ2n) is 3.51. The van der Waals surface area contributed by atoms with Crippen molar-refractivity contribution >= 4 is 10.0 Å². The number of rotatable bonds is 4. The van der Waals surface area contributed by atoms with Gasteiger partial charge in [-0.05, 0) is 0 Å². The summed E-state index contributed by atoms with van der Waals surface area (Å²) < 4.78 is 30.5. The predicted octanol–water partition coefficient (Wildman–Crippen LogP) is -0.481. The topological polar surface area (TPSA) is 103 Å². The van der Waals surface area contributed by atoms with Crippen molar-refractivity contribution in [3.63, 3.8) is 0 Å². The summed E-state index contributed by atoms with van der Waals surface area (Å²) in [5.74, 6) is 0.581. The van der Waals surface area contributed by atoms with Gasteiger partial charge in [-0.25, -0.2) is 13.1 Å². The fraction of sp³-hybridized carbons (Fsp3) is 0.375. The van der Waals surface area contributed by atoms with E-state index in [2.05, 4.69) is 20.0 Å². The Morgan fingerprint density at radius 3 is 2.88 bits per heavy atom. The van der Waals surface area contributed by atoms with Crippen molar-refractivity contribution in [1.29, 1.82) is 0 Å². The van der Waals surface area contributed by atoms with Gasteiger partial charge in [0, 0.05) is 13.2 Å². The van der Waals surface area contributed by atoms with Crippen molar-refractivity contribution in [3.8, 4) is 11.4 Å². The summed E-state index contributed by atoms with van der Waals surface area (Å²) in [6.45, 7) is -0.0217. The highest BCUT2D eigenvalue weighted by molar-refractivity contribution is 7.88. The van der Waals surface area contributed by atoms with Crippen LogP contribution in [0.15, 0.2) is 16.9 Å². The average molecular weight is 257 g/mol. The molecule has 1 N–H and O–H groups in total. The Bertz CT molecular complexity index is 615.